The summed E-state index contributed by atoms with van der Waals surface area (Å²) in [5.74, 6) is -1.32. The van der Waals surface area contributed by atoms with E-state index in [1.54, 1.807) is 6.07 Å². The highest BCUT2D eigenvalue weighted by Gasteiger charge is 2.22. The standard InChI is InChI=1S/C30H34N4O5SSi/c1-19-8-6-9-20(2)28(19)25-17-27(39-26(18-31)21-12-14-24(15-13-21)41(3,4)5)33-30(32-25)34-40(37,38)23-11-7-10-22(16-23)29(35)36/h6-17,26H,18,31H2,1-5H3,(H,35,36)(H,32,33,34). The van der Waals surface area contributed by atoms with Crippen molar-refractivity contribution in [2.75, 3.05) is 11.3 Å². The highest BCUT2D eigenvalue weighted by atomic mass is 32.2. The van der Waals surface area contributed by atoms with Crippen LogP contribution < -0.4 is 20.4 Å². The van der Waals surface area contributed by atoms with E-state index in [0.717, 1.165) is 28.3 Å². The Kier molecular flexibility index (Phi) is 8.62. The van der Waals surface area contributed by atoms with Crippen LogP contribution in [-0.4, -0.2) is 44.1 Å². The Morgan fingerprint density at radius 3 is 2.20 bits per heavy atom. The Balaban J connectivity index is 1.76. The van der Waals surface area contributed by atoms with Gasteiger partial charge in [-0.15, -0.1) is 0 Å². The Labute approximate surface area is 241 Å². The third-order valence-corrected chi connectivity index (χ3v) is 10.1. The highest BCUT2D eigenvalue weighted by Crippen LogP contribution is 2.31. The summed E-state index contributed by atoms with van der Waals surface area (Å²) in [6.45, 7) is 10.9. The van der Waals surface area contributed by atoms with Crippen LogP contribution in [0.1, 0.15) is 33.2 Å². The molecule has 11 heteroatoms. The van der Waals surface area contributed by atoms with Gasteiger partial charge in [0.05, 0.1) is 24.2 Å². The summed E-state index contributed by atoms with van der Waals surface area (Å²) in [5, 5.41) is 10.6. The van der Waals surface area contributed by atoms with E-state index in [1.807, 2.05) is 44.2 Å². The molecule has 0 fully saturated rings. The molecule has 1 aromatic heterocycles. The third-order valence-electron chi connectivity index (χ3n) is 6.68. The van der Waals surface area contributed by atoms with Gasteiger partial charge >= 0.3 is 5.97 Å². The number of nitrogens with two attached hydrogens (primary N) is 1. The van der Waals surface area contributed by atoms with Crippen molar-refractivity contribution in [1.82, 2.24) is 9.97 Å². The van der Waals surface area contributed by atoms with E-state index in [-0.39, 0.29) is 28.8 Å². The van der Waals surface area contributed by atoms with Crippen LogP contribution in [0.4, 0.5) is 5.95 Å². The zero-order valence-electron chi connectivity index (χ0n) is 23.7. The topological polar surface area (TPSA) is 144 Å². The monoisotopic (exact) mass is 590 g/mol. The molecule has 0 bridgehead atoms. The summed E-state index contributed by atoms with van der Waals surface area (Å²) < 4.78 is 35.1. The molecule has 4 N–H and O–H groups in total. The third kappa shape index (κ3) is 6.99. The maximum Gasteiger partial charge on any atom is 0.335 e. The van der Waals surface area contributed by atoms with E-state index in [0.29, 0.717) is 5.69 Å². The molecule has 1 atom stereocenters. The van der Waals surface area contributed by atoms with Crippen molar-refractivity contribution in [3.63, 3.8) is 0 Å². The van der Waals surface area contributed by atoms with Crippen molar-refractivity contribution < 1.29 is 23.1 Å². The van der Waals surface area contributed by atoms with Gasteiger partial charge < -0.3 is 15.6 Å². The summed E-state index contributed by atoms with van der Waals surface area (Å²) in [4.78, 5) is 20.0. The van der Waals surface area contributed by atoms with Crippen molar-refractivity contribution >= 4 is 35.2 Å². The molecule has 1 unspecified atom stereocenters. The summed E-state index contributed by atoms with van der Waals surface area (Å²) in [6, 6.07) is 20.7. The molecular weight excluding hydrogens is 557 g/mol. The van der Waals surface area contributed by atoms with Crippen LogP contribution in [0, 0.1) is 13.8 Å². The van der Waals surface area contributed by atoms with Gasteiger partial charge in [0.1, 0.15) is 6.10 Å². The highest BCUT2D eigenvalue weighted by molar-refractivity contribution is 7.92. The van der Waals surface area contributed by atoms with Gasteiger partial charge in [-0.3, -0.25) is 0 Å². The number of anilines is 1. The zero-order valence-corrected chi connectivity index (χ0v) is 25.5. The van der Waals surface area contributed by atoms with Gasteiger partial charge in [0.25, 0.3) is 10.0 Å². The van der Waals surface area contributed by atoms with Gasteiger partial charge in [-0.25, -0.2) is 22.9 Å². The second kappa shape index (κ2) is 11.8. The molecule has 1 heterocycles. The van der Waals surface area contributed by atoms with Crippen LogP contribution in [0.5, 0.6) is 5.88 Å². The largest absolute Gasteiger partial charge is 0.478 e. The van der Waals surface area contributed by atoms with Crippen molar-refractivity contribution in [3.8, 4) is 17.1 Å². The van der Waals surface area contributed by atoms with Gasteiger partial charge in [0.2, 0.25) is 11.8 Å². The molecule has 41 heavy (non-hydrogen) atoms. The average Bonchev–Trinajstić information content (AvgIpc) is 2.91. The van der Waals surface area contributed by atoms with Gasteiger partial charge in [-0.2, -0.15) is 4.98 Å². The summed E-state index contributed by atoms with van der Waals surface area (Å²) in [7, 11) is -5.71. The van der Waals surface area contributed by atoms with E-state index in [2.05, 4.69) is 46.5 Å². The first-order valence-electron chi connectivity index (χ1n) is 13.1. The molecule has 0 aliphatic heterocycles. The second-order valence-corrected chi connectivity index (χ2v) is 17.6. The van der Waals surface area contributed by atoms with Crippen LogP contribution in [0.25, 0.3) is 11.3 Å². The number of nitrogens with one attached hydrogen (secondary N) is 1. The molecule has 214 valence electrons. The number of hydrogen-bond acceptors (Lipinski definition) is 7. The normalized spacial score (nSPS) is 12.5. The molecule has 0 amide bonds. The lowest BCUT2D eigenvalue weighted by Crippen LogP contribution is -2.37. The van der Waals surface area contributed by atoms with E-state index in [4.69, 9.17) is 10.5 Å². The quantitative estimate of drug-likeness (QED) is 0.222. The Morgan fingerprint density at radius 2 is 1.61 bits per heavy atom. The average molecular weight is 591 g/mol. The van der Waals surface area contributed by atoms with Crippen LogP contribution in [0.15, 0.2) is 77.7 Å². The number of ether oxygens (including phenoxy) is 1. The van der Waals surface area contributed by atoms with Crippen molar-refractivity contribution in [2.24, 2.45) is 5.73 Å². The minimum Gasteiger partial charge on any atom is -0.478 e. The Bertz CT molecular complexity index is 1670. The number of nitrogens with zero attached hydrogens (tertiary/aromatic N) is 2. The smallest absolute Gasteiger partial charge is 0.335 e. The van der Waals surface area contributed by atoms with Crippen molar-refractivity contribution in [2.45, 2.75) is 44.5 Å². The minimum absolute atomic E-state index is 0.138. The predicted molar refractivity (Wildman–Crippen MR) is 163 cm³/mol. The lowest BCUT2D eigenvalue weighted by Gasteiger charge is -2.21. The fourth-order valence-electron chi connectivity index (χ4n) is 4.45. The van der Waals surface area contributed by atoms with E-state index in [9.17, 15) is 18.3 Å². The van der Waals surface area contributed by atoms with Crippen LogP contribution in [0.3, 0.4) is 0 Å². The number of aryl methyl sites for hydroxylation is 2. The van der Waals surface area contributed by atoms with Crippen molar-refractivity contribution in [3.05, 3.63) is 95.1 Å². The molecule has 4 rings (SSSR count). The lowest BCUT2D eigenvalue weighted by molar-refractivity contribution is 0.0696. The molecule has 0 aliphatic carbocycles. The zero-order chi connectivity index (χ0) is 29.9. The molecule has 3 aromatic carbocycles. The number of aromatic nitrogens is 2. The molecule has 0 saturated heterocycles. The van der Waals surface area contributed by atoms with Crippen LogP contribution in [0.2, 0.25) is 19.6 Å². The summed E-state index contributed by atoms with van der Waals surface area (Å²) in [5.41, 5.74) is 9.98. The Hall–Kier alpha value is -4.06. The Morgan fingerprint density at radius 1 is 0.976 bits per heavy atom. The molecular formula is C30H34N4O5SSi. The summed E-state index contributed by atoms with van der Waals surface area (Å²) in [6.07, 6.45) is -0.539. The second-order valence-electron chi connectivity index (χ2n) is 10.8. The number of sulfonamides is 1. The molecule has 0 aliphatic rings. The maximum absolute atomic E-state index is 13.2. The van der Waals surface area contributed by atoms with Crippen LogP contribution >= 0.6 is 0 Å². The van der Waals surface area contributed by atoms with Gasteiger partial charge in [-0.05, 0) is 48.7 Å². The van der Waals surface area contributed by atoms with E-state index in [1.165, 1.54) is 23.4 Å². The number of carboxylic acid groups (broad SMARTS) is 1. The van der Waals surface area contributed by atoms with E-state index >= 15 is 0 Å². The summed E-state index contributed by atoms with van der Waals surface area (Å²) >= 11 is 0. The van der Waals surface area contributed by atoms with Crippen LogP contribution in [-0.2, 0) is 10.0 Å². The van der Waals surface area contributed by atoms with Gasteiger partial charge in [0, 0.05) is 18.2 Å². The fourth-order valence-corrected chi connectivity index (χ4v) is 6.60. The van der Waals surface area contributed by atoms with Gasteiger partial charge in [0.15, 0.2) is 0 Å². The molecule has 0 radical (unpaired) electrons. The number of carbonyl (C=O) groups is 1. The number of aromatic carboxylic acids is 1. The number of hydrogen-bond donors (Lipinski definition) is 3. The SMILES string of the molecule is Cc1cccc(C)c1-c1cc(OC(CN)c2ccc([Si](C)(C)C)cc2)nc(NS(=O)(=O)c2cccc(C(=O)O)c2)n1. The number of rotatable bonds is 10. The predicted octanol–water partition coefficient (Wildman–Crippen LogP) is 4.88. The molecule has 0 spiro atoms. The van der Waals surface area contributed by atoms with E-state index < -0.39 is 30.2 Å². The first-order valence-corrected chi connectivity index (χ1v) is 18.1. The molecule has 9 nitrogen and oxygen atoms in total. The minimum atomic E-state index is -4.23. The first-order chi connectivity index (χ1) is 19.3. The molecule has 0 saturated carbocycles. The fraction of sp³-hybridized carbons (Fsp3) is 0.233. The number of carboxylic acids is 1. The molecule has 4 aromatic rings. The lowest BCUT2D eigenvalue weighted by atomic mass is 10.00. The first kappa shape index (κ1) is 29.9. The van der Waals surface area contributed by atoms with Gasteiger partial charge in [-0.1, -0.05) is 73.4 Å². The maximum atomic E-state index is 13.2. The number of benzene rings is 3. The van der Waals surface area contributed by atoms with Crippen molar-refractivity contribution in [1.29, 1.82) is 0 Å².